The van der Waals surface area contributed by atoms with Gasteiger partial charge in [-0.2, -0.15) is 0 Å². The Labute approximate surface area is 161 Å². The number of hydrogen-bond acceptors (Lipinski definition) is 4. The number of piperidine rings is 1. The minimum absolute atomic E-state index is 0.0254. The molecule has 0 radical (unpaired) electrons. The number of hydrogen-bond donors (Lipinski definition) is 1. The van der Waals surface area contributed by atoms with E-state index in [-0.39, 0.29) is 17.2 Å². The van der Waals surface area contributed by atoms with E-state index in [0.717, 1.165) is 38.7 Å². The molecule has 148 valence electrons. The minimum Gasteiger partial charge on any atom is -0.347 e. The van der Waals surface area contributed by atoms with Crippen molar-refractivity contribution in [1.82, 2.24) is 4.31 Å². The summed E-state index contributed by atoms with van der Waals surface area (Å²) in [6, 6.07) is 0. The molecule has 2 fully saturated rings. The fraction of sp³-hybridized carbons (Fsp3) is 1.00. The van der Waals surface area contributed by atoms with Crippen molar-refractivity contribution in [3.63, 3.8) is 0 Å². The highest BCUT2D eigenvalue weighted by molar-refractivity contribution is 7.77. The fourth-order valence-corrected chi connectivity index (χ4v) is 5.34. The molecule has 4 heteroatoms. The summed E-state index contributed by atoms with van der Waals surface area (Å²) in [5.41, 5.74) is 0.0301. The summed E-state index contributed by atoms with van der Waals surface area (Å²) >= 11 is 4.90. The van der Waals surface area contributed by atoms with Crippen LogP contribution < -0.4 is 0 Å². The van der Waals surface area contributed by atoms with Gasteiger partial charge in [-0.15, -0.1) is 0 Å². The molecule has 2 rings (SSSR count). The van der Waals surface area contributed by atoms with Crippen LogP contribution >= 0.6 is 12.8 Å². The zero-order valence-corrected chi connectivity index (χ0v) is 18.2. The average molecular weight is 372 g/mol. The second-order valence-electron chi connectivity index (χ2n) is 8.93. The molecule has 0 saturated carbocycles. The topological polar surface area (TPSA) is 21.7 Å². The number of thiol groups is 1. The molecule has 2 heterocycles. The van der Waals surface area contributed by atoms with Crippen molar-refractivity contribution >= 4 is 12.8 Å². The van der Waals surface area contributed by atoms with Gasteiger partial charge in [0.2, 0.25) is 0 Å². The maximum absolute atomic E-state index is 6.58. The molecule has 2 saturated heterocycles. The minimum atomic E-state index is -0.401. The summed E-state index contributed by atoms with van der Waals surface area (Å²) in [6.07, 6.45) is 13.4. The van der Waals surface area contributed by atoms with E-state index in [1.54, 1.807) is 0 Å². The number of unbranched alkanes of at least 4 members (excludes halogenated alkanes) is 5. The Morgan fingerprint density at radius 3 is 2.24 bits per heavy atom. The third-order valence-electron chi connectivity index (χ3n) is 6.43. The first-order valence-electron chi connectivity index (χ1n) is 10.6. The lowest BCUT2D eigenvalue weighted by atomic mass is 9.74. The maximum Gasteiger partial charge on any atom is 0.172 e. The predicted octanol–water partition coefficient (Wildman–Crippen LogP) is 6.13. The molecule has 0 amide bonds. The van der Waals surface area contributed by atoms with Crippen molar-refractivity contribution < 1.29 is 9.47 Å². The summed E-state index contributed by atoms with van der Waals surface area (Å²) in [7, 11) is 0. The van der Waals surface area contributed by atoms with Crippen LogP contribution in [0.1, 0.15) is 105 Å². The van der Waals surface area contributed by atoms with Gasteiger partial charge in [-0.25, -0.2) is 4.31 Å². The van der Waals surface area contributed by atoms with Gasteiger partial charge < -0.3 is 9.47 Å². The molecule has 2 aliphatic heterocycles. The molecule has 2 unspecified atom stereocenters. The summed E-state index contributed by atoms with van der Waals surface area (Å²) in [4.78, 5) is 0. The van der Waals surface area contributed by atoms with E-state index in [2.05, 4.69) is 38.9 Å². The van der Waals surface area contributed by atoms with Gasteiger partial charge in [0, 0.05) is 23.9 Å². The lowest BCUT2D eigenvalue weighted by molar-refractivity contribution is -0.235. The van der Waals surface area contributed by atoms with E-state index in [1.165, 1.54) is 38.5 Å². The molecule has 3 nitrogen and oxygen atoms in total. The molecule has 0 N–H and O–H groups in total. The zero-order chi connectivity index (χ0) is 18.6. The van der Waals surface area contributed by atoms with Crippen molar-refractivity contribution in [2.24, 2.45) is 0 Å². The second kappa shape index (κ2) is 8.95. The molecule has 2 atom stereocenters. The van der Waals surface area contributed by atoms with Crippen molar-refractivity contribution in [3.8, 4) is 0 Å². The Kier molecular flexibility index (Phi) is 7.70. The van der Waals surface area contributed by atoms with Crippen LogP contribution in [0.3, 0.4) is 0 Å². The first kappa shape index (κ1) is 21.5. The van der Waals surface area contributed by atoms with Gasteiger partial charge in [0.15, 0.2) is 5.79 Å². The average Bonchev–Trinajstić information content (AvgIpc) is 2.96. The van der Waals surface area contributed by atoms with E-state index in [1.807, 2.05) is 0 Å². The molecule has 0 bridgehead atoms. The summed E-state index contributed by atoms with van der Waals surface area (Å²) in [5, 5.41) is 0. The smallest absolute Gasteiger partial charge is 0.172 e. The molecule has 25 heavy (non-hydrogen) atoms. The van der Waals surface area contributed by atoms with Gasteiger partial charge in [-0.3, -0.25) is 0 Å². The normalized spacial score (nSPS) is 31.7. The fourth-order valence-electron chi connectivity index (χ4n) is 4.91. The van der Waals surface area contributed by atoms with Gasteiger partial charge in [-0.1, -0.05) is 72.1 Å². The van der Waals surface area contributed by atoms with Crippen molar-refractivity contribution in [2.45, 2.75) is 128 Å². The highest BCUT2D eigenvalue weighted by Crippen LogP contribution is 2.51. The van der Waals surface area contributed by atoms with Crippen molar-refractivity contribution in [1.29, 1.82) is 0 Å². The molecule has 0 aliphatic carbocycles. The molecule has 0 aromatic carbocycles. The van der Waals surface area contributed by atoms with Gasteiger partial charge in [0.25, 0.3) is 0 Å². The van der Waals surface area contributed by atoms with Gasteiger partial charge >= 0.3 is 0 Å². The van der Waals surface area contributed by atoms with Crippen molar-refractivity contribution in [2.75, 3.05) is 6.61 Å². The third-order valence-corrected chi connectivity index (χ3v) is 7.40. The third kappa shape index (κ3) is 4.94. The largest absolute Gasteiger partial charge is 0.347 e. The number of nitrogens with zero attached hydrogens (tertiary/aromatic N) is 1. The van der Waals surface area contributed by atoms with Gasteiger partial charge in [-0.05, 0) is 33.1 Å². The Morgan fingerprint density at radius 1 is 0.960 bits per heavy atom. The molecule has 0 aromatic heterocycles. The van der Waals surface area contributed by atoms with Gasteiger partial charge in [0.1, 0.15) is 0 Å². The van der Waals surface area contributed by atoms with E-state index >= 15 is 0 Å². The zero-order valence-electron chi connectivity index (χ0n) is 17.3. The number of rotatable bonds is 9. The Balaban J connectivity index is 1.91. The van der Waals surface area contributed by atoms with Crippen LogP contribution in [0.15, 0.2) is 0 Å². The van der Waals surface area contributed by atoms with E-state index in [0.29, 0.717) is 0 Å². The van der Waals surface area contributed by atoms with Crippen LogP contribution in [0.5, 0.6) is 0 Å². The van der Waals surface area contributed by atoms with Crippen LogP contribution in [-0.2, 0) is 9.47 Å². The molecule has 1 spiro atoms. The molecule has 2 aliphatic rings. The maximum atomic E-state index is 6.58. The van der Waals surface area contributed by atoms with E-state index in [4.69, 9.17) is 22.3 Å². The SMILES string of the molecule is CCCCCCCCC1COC2(CC(C)(C)N(S)C(CC)(CC)C2)O1. The lowest BCUT2D eigenvalue weighted by Gasteiger charge is -2.57. The predicted molar refractivity (Wildman–Crippen MR) is 109 cm³/mol. The summed E-state index contributed by atoms with van der Waals surface area (Å²) in [6.45, 7) is 12.1. The molecular weight excluding hydrogens is 330 g/mol. The quantitative estimate of drug-likeness (QED) is 0.389. The summed E-state index contributed by atoms with van der Waals surface area (Å²) in [5.74, 6) is -0.401. The van der Waals surface area contributed by atoms with Crippen LogP contribution in [0, 0.1) is 0 Å². The van der Waals surface area contributed by atoms with E-state index in [9.17, 15) is 0 Å². The molecule has 0 aromatic rings. The van der Waals surface area contributed by atoms with Crippen molar-refractivity contribution in [3.05, 3.63) is 0 Å². The monoisotopic (exact) mass is 371 g/mol. The first-order valence-corrected chi connectivity index (χ1v) is 11.0. The van der Waals surface area contributed by atoms with Crippen LogP contribution in [0.25, 0.3) is 0 Å². The molecular formula is C21H41NO2S. The van der Waals surface area contributed by atoms with Gasteiger partial charge in [0.05, 0.1) is 12.7 Å². The standard InChI is InChI=1S/C21H41NO2S/c1-6-9-10-11-12-13-14-18-15-23-21(24-18)16-19(4,5)22(25)20(7-2,8-3)17-21/h18,25H,6-17H2,1-5H3. The van der Waals surface area contributed by atoms with Crippen LogP contribution in [0.2, 0.25) is 0 Å². The number of ether oxygens (including phenoxy) is 2. The lowest BCUT2D eigenvalue weighted by Crippen LogP contribution is -2.64. The van der Waals surface area contributed by atoms with Crippen LogP contribution in [0.4, 0.5) is 0 Å². The Bertz CT molecular complexity index is 411. The highest BCUT2D eigenvalue weighted by atomic mass is 32.1. The Morgan fingerprint density at radius 2 is 1.60 bits per heavy atom. The Hall–Kier alpha value is 0.230. The van der Waals surface area contributed by atoms with E-state index < -0.39 is 5.79 Å². The second-order valence-corrected chi connectivity index (χ2v) is 9.33. The van der Waals surface area contributed by atoms with Crippen LogP contribution in [-0.4, -0.2) is 33.9 Å². The summed E-state index contributed by atoms with van der Waals surface area (Å²) < 4.78 is 15.2. The first-order chi connectivity index (χ1) is 11.8. The highest BCUT2D eigenvalue weighted by Gasteiger charge is 2.57.